The molecule has 1 aliphatic rings. The van der Waals surface area contributed by atoms with Crippen molar-refractivity contribution in [1.29, 1.82) is 0 Å². The van der Waals surface area contributed by atoms with Crippen molar-refractivity contribution in [2.75, 3.05) is 18.5 Å². The Morgan fingerprint density at radius 3 is 2.45 bits per heavy atom. The number of anilines is 1. The highest BCUT2D eigenvalue weighted by molar-refractivity contribution is 6.02. The van der Waals surface area contributed by atoms with Crippen LogP contribution in [-0.4, -0.2) is 41.9 Å². The molecular weight excluding hydrogens is 398 g/mol. The van der Waals surface area contributed by atoms with Crippen LogP contribution in [-0.2, 0) is 20.9 Å². The summed E-state index contributed by atoms with van der Waals surface area (Å²) in [5.41, 5.74) is 3.70. The van der Waals surface area contributed by atoms with E-state index < -0.39 is 24.5 Å². The van der Waals surface area contributed by atoms with Crippen molar-refractivity contribution in [3.8, 4) is 0 Å². The van der Waals surface area contributed by atoms with E-state index in [2.05, 4.69) is 10.6 Å². The molecule has 0 atom stereocenters. The van der Waals surface area contributed by atoms with Gasteiger partial charge < -0.3 is 15.0 Å². The number of aryl methyl sites for hydroxylation is 2. The van der Waals surface area contributed by atoms with Gasteiger partial charge in [-0.2, -0.15) is 0 Å². The zero-order valence-electron chi connectivity index (χ0n) is 17.6. The van der Waals surface area contributed by atoms with Gasteiger partial charge >= 0.3 is 12.0 Å². The molecule has 0 radical (unpaired) electrons. The van der Waals surface area contributed by atoms with E-state index in [1.54, 1.807) is 35.2 Å². The summed E-state index contributed by atoms with van der Waals surface area (Å²) in [7, 11) is 0. The summed E-state index contributed by atoms with van der Waals surface area (Å²) in [6, 6.07) is 11.5. The lowest BCUT2D eigenvalue weighted by molar-refractivity contribution is -0.128. The Kier molecular flexibility index (Phi) is 7.02. The average Bonchev–Trinajstić information content (AvgIpc) is 3.13. The summed E-state index contributed by atoms with van der Waals surface area (Å²) < 4.78 is 4.98. The second-order valence-corrected chi connectivity index (χ2v) is 7.51. The molecule has 0 unspecified atom stereocenters. The van der Waals surface area contributed by atoms with Crippen LogP contribution < -0.4 is 10.6 Å². The minimum Gasteiger partial charge on any atom is -0.452 e. The fourth-order valence-corrected chi connectivity index (χ4v) is 3.32. The monoisotopic (exact) mass is 423 g/mol. The maximum absolute atomic E-state index is 12.1. The predicted molar refractivity (Wildman–Crippen MR) is 114 cm³/mol. The Morgan fingerprint density at radius 2 is 1.81 bits per heavy atom. The number of ether oxygens (including phenoxy) is 1. The molecule has 1 saturated heterocycles. The Hall–Kier alpha value is -3.68. The van der Waals surface area contributed by atoms with Crippen LogP contribution in [0, 0.1) is 13.8 Å². The largest absolute Gasteiger partial charge is 0.452 e. The standard InChI is InChI=1S/C23H25N3O5/c1-15-5-10-19(16(2)12-15)24-23(30)25-20(27)14-31-22(29)18-8-6-17(7-9-18)13-26-11-3-4-21(26)28/h5-10,12H,3-4,11,13-14H2,1-2H3,(H2,24,25,27,30). The van der Waals surface area contributed by atoms with Crippen molar-refractivity contribution < 1.29 is 23.9 Å². The Bertz CT molecular complexity index is 1000. The first-order valence-corrected chi connectivity index (χ1v) is 10.0. The first-order valence-electron chi connectivity index (χ1n) is 10.0. The molecule has 3 rings (SSSR count). The minimum absolute atomic E-state index is 0.135. The molecule has 162 valence electrons. The first-order chi connectivity index (χ1) is 14.8. The van der Waals surface area contributed by atoms with E-state index in [-0.39, 0.29) is 11.5 Å². The molecule has 8 nitrogen and oxygen atoms in total. The Labute approximate surface area is 180 Å². The first kappa shape index (κ1) is 22.0. The summed E-state index contributed by atoms with van der Waals surface area (Å²) in [5, 5.41) is 4.71. The number of nitrogens with zero attached hydrogens (tertiary/aromatic N) is 1. The van der Waals surface area contributed by atoms with Gasteiger partial charge in [-0.05, 0) is 49.6 Å². The number of hydrogen-bond donors (Lipinski definition) is 2. The van der Waals surface area contributed by atoms with Gasteiger partial charge in [-0.25, -0.2) is 9.59 Å². The van der Waals surface area contributed by atoms with Gasteiger partial charge in [-0.1, -0.05) is 29.8 Å². The SMILES string of the molecule is Cc1ccc(NC(=O)NC(=O)COC(=O)c2ccc(CN3CCCC3=O)cc2)c(C)c1. The van der Waals surface area contributed by atoms with Gasteiger partial charge in [-0.3, -0.25) is 14.9 Å². The van der Waals surface area contributed by atoms with Gasteiger partial charge in [0, 0.05) is 25.2 Å². The number of carbonyl (C=O) groups excluding carboxylic acids is 4. The predicted octanol–water partition coefficient (Wildman–Crippen LogP) is 2.93. The van der Waals surface area contributed by atoms with E-state index in [1.165, 1.54) is 0 Å². The van der Waals surface area contributed by atoms with E-state index in [0.29, 0.717) is 18.7 Å². The lowest BCUT2D eigenvalue weighted by Gasteiger charge is -2.15. The number of esters is 1. The molecule has 1 fully saturated rings. The third-order valence-electron chi connectivity index (χ3n) is 4.95. The van der Waals surface area contributed by atoms with Crippen molar-refractivity contribution in [2.24, 2.45) is 0 Å². The number of hydrogen-bond acceptors (Lipinski definition) is 5. The van der Waals surface area contributed by atoms with Gasteiger partial charge in [-0.15, -0.1) is 0 Å². The highest BCUT2D eigenvalue weighted by atomic mass is 16.5. The number of urea groups is 1. The number of carbonyl (C=O) groups is 4. The van der Waals surface area contributed by atoms with Gasteiger partial charge in [0.05, 0.1) is 5.56 Å². The van der Waals surface area contributed by atoms with Crippen LogP contribution in [0.4, 0.5) is 10.5 Å². The van der Waals surface area contributed by atoms with E-state index in [0.717, 1.165) is 29.7 Å². The van der Waals surface area contributed by atoms with Crippen molar-refractivity contribution >= 4 is 29.5 Å². The summed E-state index contributed by atoms with van der Waals surface area (Å²) >= 11 is 0. The molecule has 2 N–H and O–H groups in total. The molecule has 1 heterocycles. The number of benzene rings is 2. The van der Waals surface area contributed by atoms with Crippen molar-refractivity contribution in [3.05, 3.63) is 64.7 Å². The molecule has 0 bridgehead atoms. The molecule has 0 aromatic heterocycles. The highest BCUT2D eigenvalue weighted by Gasteiger charge is 2.20. The van der Waals surface area contributed by atoms with E-state index in [9.17, 15) is 19.2 Å². The molecular formula is C23H25N3O5. The molecule has 0 spiro atoms. The van der Waals surface area contributed by atoms with E-state index in [1.807, 2.05) is 26.0 Å². The molecule has 2 aromatic carbocycles. The van der Waals surface area contributed by atoms with Crippen LogP contribution in [0.3, 0.4) is 0 Å². The molecule has 8 heteroatoms. The van der Waals surface area contributed by atoms with Gasteiger partial charge in [0.25, 0.3) is 5.91 Å². The lowest BCUT2D eigenvalue weighted by atomic mass is 10.1. The minimum atomic E-state index is -0.736. The van der Waals surface area contributed by atoms with Crippen molar-refractivity contribution in [3.63, 3.8) is 0 Å². The second-order valence-electron chi connectivity index (χ2n) is 7.51. The van der Waals surface area contributed by atoms with Gasteiger partial charge in [0.2, 0.25) is 5.91 Å². The summed E-state index contributed by atoms with van der Waals surface area (Å²) in [5.74, 6) is -1.27. The third kappa shape index (κ3) is 6.15. The number of amides is 4. The zero-order valence-corrected chi connectivity index (χ0v) is 17.6. The summed E-state index contributed by atoms with van der Waals surface area (Å²) in [6.45, 7) is 4.46. The van der Waals surface area contributed by atoms with Gasteiger partial charge in [0.15, 0.2) is 6.61 Å². The number of rotatable bonds is 6. The zero-order chi connectivity index (χ0) is 22.4. The summed E-state index contributed by atoms with van der Waals surface area (Å²) in [4.78, 5) is 49.5. The molecule has 31 heavy (non-hydrogen) atoms. The van der Waals surface area contributed by atoms with Crippen LogP contribution in [0.5, 0.6) is 0 Å². The number of nitrogens with one attached hydrogen (secondary N) is 2. The molecule has 2 aromatic rings. The normalized spacial score (nSPS) is 13.1. The average molecular weight is 423 g/mol. The van der Waals surface area contributed by atoms with Crippen molar-refractivity contribution in [2.45, 2.75) is 33.2 Å². The van der Waals surface area contributed by atoms with Crippen LogP contribution >= 0.6 is 0 Å². The quantitative estimate of drug-likeness (QED) is 0.695. The van der Waals surface area contributed by atoms with Gasteiger partial charge in [0.1, 0.15) is 0 Å². The van der Waals surface area contributed by atoms with E-state index >= 15 is 0 Å². The second kappa shape index (κ2) is 9.88. The Balaban J connectivity index is 1.44. The third-order valence-corrected chi connectivity index (χ3v) is 4.95. The van der Waals surface area contributed by atoms with Crippen molar-refractivity contribution in [1.82, 2.24) is 10.2 Å². The molecule has 1 aliphatic heterocycles. The van der Waals surface area contributed by atoms with E-state index in [4.69, 9.17) is 4.74 Å². The highest BCUT2D eigenvalue weighted by Crippen LogP contribution is 2.16. The fourth-order valence-electron chi connectivity index (χ4n) is 3.32. The maximum atomic E-state index is 12.1. The van der Waals surface area contributed by atoms with Crippen LogP contribution in [0.2, 0.25) is 0 Å². The van der Waals surface area contributed by atoms with Crippen LogP contribution in [0.1, 0.15) is 39.9 Å². The Morgan fingerprint density at radius 1 is 1.06 bits per heavy atom. The number of imide groups is 1. The lowest BCUT2D eigenvalue weighted by Crippen LogP contribution is -2.37. The van der Waals surface area contributed by atoms with Crippen LogP contribution in [0.15, 0.2) is 42.5 Å². The molecule has 0 aliphatic carbocycles. The smallest absolute Gasteiger partial charge is 0.338 e. The maximum Gasteiger partial charge on any atom is 0.338 e. The topological polar surface area (TPSA) is 105 Å². The summed E-state index contributed by atoms with van der Waals surface area (Å²) in [6.07, 6.45) is 1.45. The van der Waals surface area contributed by atoms with Crippen LogP contribution in [0.25, 0.3) is 0 Å². The molecule has 0 saturated carbocycles. The fraction of sp³-hybridized carbons (Fsp3) is 0.304. The number of likely N-dealkylation sites (tertiary alicyclic amines) is 1. The molecule has 4 amide bonds.